The Labute approximate surface area is 179 Å². The summed E-state index contributed by atoms with van der Waals surface area (Å²) in [5, 5.41) is 5.69. The maximum absolute atomic E-state index is 13.6. The van der Waals surface area contributed by atoms with Crippen LogP contribution in [-0.4, -0.2) is 41.1 Å². The molecule has 162 valence electrons. The summed E-state index contributed by atoms with van der Waals surface area (Å²) in [6, 6.07) is 15.3. The zero-order chi connectivity index (χ0) is 22.2. The Morgan fingerprint density at radius 3 is 2.52 bits per heavy atom. The van der Waals surface area contributed by atoms with Crippen LogP contribution in [-0.2, 0) is 14.4 Å². The second kappa shape index (κ2) is 10.3. The minimum atomic E-state index is -1.03. The van der Waals surface area contributed by atoms with Gasteiger partial charge in [0, 0.05) is 19.3 Å². The molecule has 0 spiro atoms. The lowest BCUT2D eigenvalue weighted by molar-refractivity contribution is -0.135. The fourth-order valence-corrected chi connectivity index (χ4v) is 2.90. The van der Waals surface area contributed by atoms with Crippen LogP contribution in [0.5, 0.6) is 5.75 Å². The number of nitrogens with one attached hydrogen (secondary N) is 2. The number of hydrazone groups is 1. The summed E-state index contributed by atoms with van der Waals surface area (Å²) in [6.45, 7) is 1.89. The standard InChI is InChI=1S/C22H23FN4O4/c1-15(31-19-10-6-5-9-17(19)23)22(30)25-24-20(28)11-12-21(29)27-14-13-18(26-27)16-7-3-2-4-8-16/h2-10,15H,11-14H2,1H3,(H,24,28)(H,25,30)/t15-/m0/s1. The van der Waals surface area contributed by atoms with E-state index in [4.69, 9.17) is 4.74 Å². The van der Waals surface area contributed by atoms with Crippen LogP contribution in [0.4, 0.5) is 4.39 Å². The third-order valence-electron chi connectivity index (χ3n) is 4.60. The maximum atomic E-state index is 13.6. The Kier molecular flexibility index (Phi) is 7.31. The summed E-state index contributed by atoms with van der Waals surface area (Å²) < 4.78 is 18.8. The van der Waals surface area contributed by atoms with Gasteiger partial charge in [-0.3, -0.25) is 25.2 Å². The molecule has 0 aromatic heterocycles. The highest BCUT2D eigenvalue weighted by molar-refractivity contribution is 6.02. The summed E-state index contributed by atoms with van der Waals surface area (Å²) in [6.07, 6.45) is -0.546. The molecule has 2 N–H and O–H groups in total. The van der Waals surface area contributed by atoms with Crippen LogP contribution < -0.4 is 15.6 Å². The lowest BCUT2D eigenvalue weighted by atomic mass is 10.1. The molecule has 1 aliphatic rings. The van der Waals surface area contributed by atoms with Crippen molar-refractivity contribution in [1.82, 2.24) is 15.9 Å². The van der Waals surface area contributed by atoms with Crippen LogP contribution in [0, 0.1) is 5.82 Å². The molecule has 0 fully saturated rings. The number of ether oxygens (including phenoxy) is 1. The molecule has 2 aromatic carbocycles. The van der Waals surface area contributed by atoms with Crippen molar-refractivity contribution in [1.29, 1.82) is 0 Å². The normalized spacial score (nSPS) is 13.9. The zero-order valence-electron chi connectivity index (χ0n) is 17.0. The molecular formula is C22H23FN4O4. The fraction of sp³-hybridized carbons (Fsp3) is 0.273. The molecular weight excluding hydrogens is 403 g/mol. The average molecular weight is 426 g/mol. The van der Waals surface area contributed by atoms with E-state index in [-0.39, 0.29) is 24.5 Å². The number of hydrogen-bond acceptors (Lipinski definition) is 5. The lowest BCUT2D eigenvalue weighted by Crippen LogP contribution is -2.47. The smallest absolute Gasteiger partial charge is 0.279 e. The lowest BCUT2D eigenvalue weighted by Gasteiger charge is -2.15. The molecule has 0 saturated heterocycles. The highest BCUT2D eigenvalue weighted by atomic mass is 19.1. The predicted octanol–water partition coefficient (Wildman–Crippen LogP) is 2.16. The van der Waals surface area contributed by atoms with Crippen molar-refractivity contribution in [3.05, 3.63) is 66.0 Å². The first-order valence-corrected chi connectivity index (χ1v) is 9.87. The van der Waals surface area contributed by atoms with Crippen molar-refractivity contribution in [2.75, 3.05) is 6.54 Å². The summed E-state index contributed by atoms with van der Waals surface area (Å²) in [4.78, 5) is 36.3. The Balaban J connectivity index is 1.40. The van der Waals surface area contributed by atoms with E-state index in [1.54, 1.807) is 6.07 Å². The number of nitrogens with zero attached hydrogens (tertiary/aromatic N) is 2. The van der Waals surface area contributed by atoms with Crippen molar-refractivity contribution in [2.24, 2.45) is 5.10 Å². The first-order chi connectivity index (χ1) is 14.9. The molecule has 9 heteroatoms. The molecule has 31 heavy (non-hydrogen) atoms. The molecule has 0 aliphatic carbocycles. The van der Waals surface area contributed by atoms with Crippen molar-refractivity contribution < 1.29 is 23.5 Å². The van der Waals surface area contributed by atoms with Gasteiger partial charge in [-0.05, 0) is 24.6 Å². The first kappa shape index (κ1) is 21.9. The molecule has 1 aliphatic heterocycles. The van der Waals surface area contributed by atoms with Gasteiger partial charge in [0.1, 0.15) is 0 Å². The Morgan fingerprint density at radius 2 is 1.77 bits per heavy atom. The van der Waals surface area contributed by atoms with E-state index in [0.29, 0.717) is 13.0 Å². The monoisotopic (exact) mass is 426 g/mol. The SMILES string of the molecule is C[C@H](Oc1ccccc1F)C(=O)NNC(=O)CCC(=O)N1CCC(c2ccccc2)=N1. The Morgan fingerprint density at radius 1 is 1.06 bits per heavy atom. The quantitative estimate of drug-likeness (QED) is 0.663. The molecule has 0 unspecified atom stereocenters. The van der Waals surface area contributed by atoms with E-state index >= 15 is 0 Å². The number of rotatable bonds is 7. The first-order valence-electron chi connectivity index (χ1n) is 9.87. The number of para-hydroxylation sites is 1. The van der Waals surface area contributed by atoms with Crippen molar-refractivity contribution in [3.8, 4) is 5.75 Å². The molecule has 8 nitrogen and oxygen atoms in total. The van der Waals surface area contributed by atoms with Gasteiger partial charge in [-0.2, -0.15) is 5.10 Å². The van der Waals surface area contributed by atoms with Gasteiger partial charge >= 0.3 is 0 Å². The van der Waals surface area contributed by atoms with Gasteiger partial charge in [0.05, 0.1) is 12.3 Å². The number of hydrazine groups is 1. The van der Waals surface area contributed by atoms with Gasteiger partial charge < -0.3 is 4.74 Å². The molecule has 1 atom stereocenters. The summed E-state index contributed by atoms with van der Waals surface area (Å²) in [7, 11) is 0. The van der Waals surface area contributed by atoms with Crippen LogP contribution >= 0.6 is 0 Å². The number of halogens is 1. The van der Waals surface area contributed by atoms with Crippen LogP contribution in [0.2, 0.25) is 0 Å². The third-order valence-corrected chi connectivity index (χ3v) is 4.60. The fourth-order valence-electron chi connectivity index (χ4n) is 2.90. The highest BCUT2D eigenvalue weighted by Crippen LogP contribution is 2.17. The third kappa shape index (κ3) is 6.11. The number of hydrogen-bond donors (Lipinski definition) is 2. The van der Waals surface area contributed by atoms with E-state index in [1.165, 1.54) is 30.1 Å². The summed E-state index contributed by atoms with van der Waals surface area (Å²) in [5.41, 5.74) is 6.22. The van der Waals surface area contributed by atoms with E-state index in [1.807, 2.05) is 30.3 Å². The van der Waals surface area contributed by atoms with Gasteiger partial charge in [0.2, 0.25) is 11.8 Å². The maximum Gasteiger partial charge on any atom is 0.279 e. The van der Waals surface area contributed by atoms with Crippen LogP contribution in [0.1, 0.15) is 31.7 Å². The number of carbonyl (C=O) groups excluding carboxylic acids is 3. The molecule has 0 saturated carbocycles. The second-order valence-electron chi connectivity index (χ2n) is 6.91. The van der Waals surface area contributed by atoms with Gasteiger partial charge in [0.15, 0.2) is 17.7 Å². The van der Waals surface area contributed by atoms with Crippen LogP contribution in [0.3, 0.4) is 0 Å². The highest BCUT2D eigenvalue weighted by Gasteiger charge is 2.22. The minimum absolute atomic E-state index is 0.0471. The van der Waals surface area contributed by atoms with Crippen LogP contribution in [0.25, 0.3) is 0 Å². The summed E-state index contributed by atoms with van der Waals surface area (Å²) in [5.74, 6) is -2.12. The van der Waals surface area contributed by atoms with Crippen LogP contribution in [0.15, 0.2) is 59.7 Å². The molecule has 3 rings (SSSR count). The second-order valence-corrected chi connectivity index (χ2v) is 6.91. The van der Waals surface area contributed by atoms with E-state index in [0.717, 1.165) is 11.3 Å². The van der Waals surface area contributed by atoms with Gasteiger partial charge in [0.25, 0.3) is 5.91 Å². The van der Waals surface area contributed by atoms with Gasteiger partial charge in [-0.1, -0.05) is 42.5 Å². The Bertz CT molecular complexity index is 980. The van der Waals surface area contributed by atoms with Crippen molar-refractivity contribution in [2.45, 2.75) is 32.3 Å². The van der Waals surface area contributed by atoms with Gasteiger partial charge in [-0.25, -0.2) is 9.40 Å². The molecule has 2 aromatic rings. The summed E-state index contributed by atoms with van der Waals surface area (Å²) >= 11 is 0. The minimum Gasteiger partial charge on any atom is -0.478 e. The Hall–Kier alpha value is -3.75. The zero-order valence-corrected chi connectivity index (χ0v) is 17.0. The van der Waals surface area contributed by atoms with Gasteiger partial charge in [-0.15, -0.1) is 0 Å². The van der Waals surface area contributed by atoms with Crippen molar-refractivity contribution >= 4 is 23.4 Å². The number of carbonyl (C=O) groups is 3. The largest absolute Gasteiger partial charge is 0.478 e. The predicted molar refractivity (Wildman–Crippen MR) is 111 cm³/mol. The topological polar surface area (TPSA) is 100 Å². The average Bonchev–Trinajstić information content (AvgIpc) is 3.28. The van der Waals surface area contributed by atoms with E-state index in [9.17, 15) is 18.8 Å². The van der Waals surface area contributed by atoms with Crippen molar-refractivity contribution in [3.63, 3.8) is 0 Å². The molecule has 1 heterocycles. The number of amides is 3. The van der Waals surface area contributed by atoms with E-state index in [2.05, 4.69) is 16.0 Å². The molecule has 0 bridgehead atoms. The molecule has 0 radical (unpaired) electrons. The van der Waals surface area contributed by atoms with E-state index < -0.39 is 23.7 Å². The number of benzene rings is 2. The molecule has 3 amide bonds.